The number of ether oxygens (including phenoxy) is 1. The highest BCUT2D eigenvalue weighted by molar-refractivity contribution is 5.79. The van der Waals surface area contributed by atoms with E-state index in [1.807, 2.05) is 24.3 Å². The van der Waals surface area contributed by atoms with Crippen LogP contribution in [0.2, 0.25) is 0 Å². The van der Waals surface area contributed by atoms with Gasteiger partial charge in [-0.15, -0.1) is 0 Å². The summed E-state index contributed by atoms with van der Waals surface area (Å²) in [6, 6.07) is 11.0. The van der Waals surface area contributed by atoms with Crippen LogP contribution in [0.4, 0.5) is 8.78 Å². The number of hydrogen-bond donors (Lipinski definition) is 0. The number of carbonyl (C=O) groups is 1. The number of methoxy groups -OCH3 is 1. The average Bonchev–Trinajstić information content (AvgIpc) is 3.33. The minimum Gasteiger partial charge on any atom is -0.497 e. The first-order valence-corrected chi connectivity index (χ1v) is 9.68. The number of benzene rings is 2. The van der Waals surface area contributed by atoms with Gasteiger partial charge in [0.15, 0.2) is 5.82 Å². The molecule has 3 aromatic rings. The van der Waals surface area contributed by atoms with Gasteiger partial charge in [-0.25, -0.2) is 8.78 Å². The van der Waals surface area contributed by atoms with Crippen LogP contribution >= 0.6 is 0 Å². The Balaban J connectivity index is 1.35. The van der Waals surface area contributed by atoms with Gasteiger partial charge in [-0.3, -0.25) is 4.79 Å². The first-order chi connectivity index (χ1) is 14.5. The summed E-state index contributed by atoms with van der Waals surface area (Å²) in [5, 5.41) is 4.04. The molecule has 0 bridgehead atoms. The summed E-state index contributed by atoms with van der Waals surface area (Å²) < 4.78 is 37.3. The van der Waals surface area contributed by atoms with E-state index in [1.54, 1.807) is 12.0 Å². The van der Waals surface area contributed by atoms with Crippen LogP contribution in [-0.4, -0.2) is 34.6 Å². The van der Waals surface area contributed by atoms with Gasteiger partial charge in [0.05, 0.1) is 7.11 Å². The van der Waals surface area contributed by atoms with Crippen molar-refractivity contribution in [2.75, 3.05) is 13.7 Å². The molecule has 0 aliphatic carbocycles. The predicted molar refractivity (Wildman–Crippen MR) is 104 cm³/mol. The lowest BCUT2D eigenvalue weighted by molar-refractivity contribution is -0.128. The van der Waals surface area contributed by atoms with Crippen LogP contribution < -0.4 is 4.74 Å². The molecule has 0 radical (unpaired) electrons. The molecule has 1 amide bonds. The van der Waals surface area contributed by atoms with Crippen molar-refractivity contribution in [3.63, 3.8) is 0 Å². The van der Waals surface area contributed by atoms with Crippen molar-refractivity contribution in [2.24, 2.45) is 0 Å². The zero-order valence-electron chi connectivity index (χ0n) is 16.5. The summed E-state index contributed by atoms with van der Waals surface area (Å²) in [6.07, 6.45) is 1.58. The normalized spacial score (nSPS) is 16.3. The lowest BCUT2D eigenvalue weighted by atomic mass is 10.1. The number of likely N-dealkylation sites (tertiary alicyclic amines) is 1. The van der Waals surface area contributed by atoms with Crippen LogP contribution in [0.5, 0.6) is 5.75 Å². The van der Waals surface area contributed by atoms with Crippen LogP contribution in [0.25, 0.3) is 0 Å². The number of amides is 1. The van der Waals surface area contributed by atoms with E-state index >= 15 is 0 Å². The molecule has 6 nitrogen and oxygen atoms in total. The molecular weight excluding hydrogens is 392 g/mol. The molecule has 1 aliphatic rings. The van der Waals surface area contributed by atoms with Gasteiger partial charge in [-0.2, -0.15) is 4.98 Å². The first-order valence-electron chi connectivity index (χ1n) is 9.68. The Morgan fingerprint density at radius 3 is 2.53 bits per heavy atom. The van der Waals surface area contributed by atoms with Crippen molar-refractivity contribution < 1.29 is 22.8 Å². The molecule has 1 unspecified atom stereocenters. The molecule has 0 N–H and O–H groups in total. The second-order valence-corrected chi connectivity index (χ2v) is 7.35. The zero-order valence-corrected chi connectivity index (χ0v) is 16.5. The van der Waals surface area contributed by atoms with Gasteiger partial charge in [0.2, 0.25) is 11.8 Å². The van der Waals surface area contributed by atoms with Gasteiger partial charge in [-0.05, 0) is 41.8 Å². The highest BCUT2D eigenvalue weighted by Gasteiger charge is 2.33. The summed E-state index contributed by atoms with van der Waals surface area (Å²) in [7, 11) is 1.63. The fourth-order valence-corrected chi connectivity index (χ4v) is 3.60. The first kappa shape index (κ1) is 20.0. The fourth-order valence-electron chi connectivity index (χ4n) is 3.60. The summed E-state index contributed by atoms with van der Waals surface area (Å²) in [5.41, 5.74) is 1.54. The van der Waals surface area contributed by atoms with Gasteiger partial charge in [0, 0.05) is 37.9 Å². The van der Waals surface area contributed by atoms with Crippen LogP contribution in [0.3, 0.4) is 0 Å². The van der Waals surface area contributed by atoms with Crippen molar-refractivity contribution in [1.82, 2.24) is 15.0 Å². The van der Waals surface area contributed by atoms with Crippen molar-refractivity contribution in [1.29, 1.82) is 0 Å². The molecule has 4 rings (SSSR count). The van der Waals surface area contributed by atoms with E-state index in [2.05, 4.69) is 10.1 Å². The third-order valence-corrected chi connectivity index (χ3v) is 5.15. The van der Waals surface area contributed by atoms with E-state index in [1.165, 1.54) is 12.1 Å². The van der Waals surface area contributed by atoms with E-state index in [9.17, 15) is 13.6 Å². The smallest absolute Gasteiger partial charge is 0.226 e. The number of rotatable bonds is 7. The second-order valence-electron chi connectivity index (χ2n) is 7.35. The molecule has 1 aliphatic heterocycles. The molecule has 1 saturated heterocycles. The number of carbonyl (C=O) groups excluding carboxylic acids is 1. The molecule has 156 valence electrons. The molecule has 2 aromatic carbocycles. The topological polar surface area (TPSA) is 68.5 Å². The Hall–Kier alpha value is -3.29. The number of aryl methyl sites for hydroxylation is 2. The minimum atomic E-state index is -0.659. The Bertz CT molecular complexity index is 1020. The highest BCUT2D eigenvalue weighted by atomic mass is 19.1. The third-order valence-electron chi connectivity index (χ3n) is 5.15. The minimum absolute atomic E-state index is 0.103. The Kier molecular flexibility index (Phi) is 5.74. The van der Waals surface area contributed by atoms with Crippen molar-refractivity contribution in [2.45, 2.75) is 31.7 Å². The Morgan fingerprint density at radius 2 is 1.83 bits per heavy atom. The molecule has 1 atom stereocenters. The number of halogens is 2. The SMILES string of the molecule is COc1ccc(CCc2nc(C3CC(=O)N(Cc4cc(F)cc(F)c4)C3)no2)cc1. The van der Waals surface area contributed by atoms with Gasteiger partial charge in [-0.1, -0.05) is 17.3 Å². The summed E-state index contributed by atoms with van der Waals surface area (Å²) in [4.78, 5) is 18.3. The van der Waals surface area contributed by atoms with Crippen molar-refractivity contribution >= 4 is 5.91 Å². The van der Waals surface area contributed by atoms with Crippen LogP contribution in [0.1, 0.15) is 35.2 Å². The van der Waals surface area contributed by atoms with E-state index in [-0.39, 0.29) is 24.8 Å². The number of aromatic nitrogens is 2. The maximum absolute atomic E-state index is 13.4. The van der Waals surface area contributed by atoms with E-state index < -0.39 is 11.6 Å². The molecule has 0 spiro atoms. The average molecular weight is 413 g/mol. The Morgan fingerprint density at radius 1 is 1.10 bits per heavy atom. The van der Waals surface area contributed by atoms with Gasteiger partial charge in [0.1, 0.15) is 17.4 Å². The Labute approximate surface area is 172 Å². The van der Waals surface area contributed by atoms with E-state index in [0.29, 0.717) is 30.2 Å². The zero-order chi connectivity index (χ0) is 21.1. The van der Waals surface area contributed by atoms with Gasteiger partial charge in [0.25, 0.3) is 0 Å². The van der Waals surface area contributed by atoms with Gasteiger partial charge >= 0.3 is 0 Å². The summed E-state index contributed by atoms with van der Waals surface area (Å²) >= 11 is 0. The largest absolute Gasteiger partial charge is 0.497 e. The molecule has 1 fully saturated rings. The van der Waals surface area contributed by atoms with Gasteiger partial charge < -0.3 is 14.2 Å². The van der Waals surface area contributed by atoms with Crippen molar-refractivity contribution in [3.05, 3.63) is 76.9 Å². The maximum Gasteiger partial charge on any atom is 0.226 e. The third kappa shape index (κ3) is 4.64. The lowest BCUT2D eigenvalue weighted by Gasteiger charge is -2.16. The van der Waals surface area contributed by atoms with Crippen LogP contribution in [0, 0.1) is 11.6 Å². The fraction of sp³-hybridized carbons (Fsp3) is 0.318. The maximum atomic E-state index is 13.4. The summed E-state index contributed by atoms with van der Waals surface area (Å²) in [5.74, 6) is 0.180. The molecule has 1 aromatic heterocycles. The quantitative estimate of drug-likeness (QED) is 0.591. The molecular formula is C22H21F2N3O3. The van der Waals surface area contributed by atoms with E-state index in [0.717, 1.165) is 23.8 Å². The highest BCUT2D eigenvalue weighted by Crippen LogP contribution is 2.28. The monoisotopic (exact) mass is 413 g/mol. The molecule has 0 saturated carbocycles. The van der Waals surface area contributed by atoms with Crippen molar-refractivity contribution in [3.8, 4) is 5.75 Å². The van der Waals surface area contributed by atoms with Crippen LogP contribution in [-0.2, 0) is 24.2 Å². The second kappa shape index (κ2) is 8.61. The van der Waals surface area contributed by atoms with Crippen LogP contribution in [0.15, 0.2) is 47.0 Å². The number of nitrogens with zero attached hydrogens (tertiary/aromatic N) is 3. The molecule has 2 heterocycles. The van der Waals surface area contributed by atoms with E-state index in [4.69, 9.17) is 9.26 Å². The predicted octanol–water partition coefficient (Wildman–Crippen LogP) is 3.66. The molecule has 8 heteroatoms. The number of hydrogen-bond acceptors (Lipinski definition) is 5. The lowest BCUT2D eigenvalue weighted by Crippen LogP contribution is -2.24. The molecule has 30 heavy (non-hydrogen) atoms. The summed E-state index contributed by atoms with van der Waals surface area (Å²) in [6.45, 7) is 0.528. The standard InChI is InChI=1S/C22H21F2N3O3/c1-29-19-5-2-14(3-6-19)4-7-20-25-22(26-30-20)16-10-21(28)27(13-16)12-15-8-17(23)11-18(24)9-15/h2-3,5-6,8-9,11,16H,4,7,10,12-13H2,1H3.